The van der Waals surface area contributed by atoms with Gasteiger partial charge < -0.3 is 9.84 Å². The molecule has 1 atom stereocenters. The van der Waals surface area contributed by atoms with Gasteiger partial charge in [-0.15, -0.1) is 0 Å². The highest BCUT2D eigenvalue weighted by Gasteiger charge is 2.34. The summed E-state index contributed by atoms with van der Waals surface area (Å²) in [6.07, 6.45) is 1.44. The van der Waals surface area contributed by atoms with Crippen molar-refractivity contribution in [2.45, 2.75) is 60.0 Å². The van der Waals surface area contributed by atoms with Gasteiger partial charge in [-0.3, -0.25) is 0 Å². The average Bonchev–Trinajstić information content (AvgIpc) is 2.45. The van der Waals surface area contributed by atoms with E-state index in [4.69, 9.17) is 10.00 Å². The summed E-state index contributed by atoms with van der Waals surface area (Å²) in [6, 6.07) is 2.22. The van der Waals surface area contributed by atoms with Gasteiger partial charge in [-0.05, 0) is 50.8 Å². The molecule has 104 valence electrons. The van der Waals surface area contributed by atoms with Gasteiger partial charge >= 0.3 is 0 Å². The number of hydrogen-bond donors (Lipinski definition) is 1. The average molecular weight is 261 g/mol. The largest absolute Gasteiger partial charge is 0.507 e. The topological polar surface area (TPSA) is 53.2 Å². The van der Waals surface area contributed by atoms with Crippen molar-refractivity contribution in [1.29, 1.82) is 5.26 Å². The van der Waals surface area contributed by atoms with Crippen LogP contribution in [-0.4, -0.2) is 10.7 Å². The van der Waals surface area contributed by atoms with Gasteiger partial charge in [0, 0.05) is 12.0 Å². The minimum absolute atomic E-state index is 0.352. The zero-order valence-electron chi connectivity index (χ0n) is 12.7. The summed E-state index contributed by atoms with van der Waals surface area (Å²) < 4.78 is 5.84. The molecule has 1 N–H and O–H groups in total. The van der Waals surface area contributed by atoms with E-state index in [0.717, 1.165) is 34.4 Å². The van der Waals surface area contributed by atoms with Crippen LogP contribution < -0.4 is 4.74 Å². The molecule has 0 saturated carbocycles. The lowest BCUT2D eigenvalue weighted by atomic mass is 9.88. The van der Waals surface area contributed by atoms with E-state index in [0.29, 0.717) is 12.2 Å². The van der Waals surface area contributed by atoms with Crippen LogP contribution in [0.25, 0.3) is 0 Å². The van der Waals surface area contributed by atoms with E-state index in [2.05, 4.69) is 6.07 Å². The summed E-state index contributed by atoms with van der Waals surface area (Å²) in [6.45, 7) is 11.5. The highest BCUT2D eigenvalue weighted by molar-refractivity contribution is 5.58. The van der Waals surface area contributed by atoms with Gasteiger partial charge in [0.1, 0.15) is 17.6 Å². The summed E-state index contributed by atoms with van der Waals surface area (Å²) >= 11 is 0. The third kappa shape index (κ3) is 2.53. The van der Waals surface area contributed by atoms with Crippen LogP contribution in [0.4, 0.5) is 0 Å². The maximum Gasteiger partial charge on any atom is 0.191 e. The molecule has 0 unspecified atom stereocenters. The van der Waals surface area contributed by atoms with Gasteiger partial charge in [0.05, 0.1) is 0 Å². The summed E-state index contributed by atoms with van der Waals surface area (Å²) in [4.78, 5) is 0. The number of phenolic OH excluding ortho intramolecular Hbond substituents is 1. The van der Waals surface area contributed by atoms with Crippen LogP contribution >= 0.6 is 0 Å². The second kappa shape index (κ2) is 5.52. The maximum absolute atomic E-state index is 10.0. The smallest absolute Gasteiger partial charge is 0.191 e. The van der Waals surface area contributed by atoms with Crippen LogP contribution in [0.5, 0.6) is 11.5 Å². The van der Waals surface area contributed by atoms with E-state index in [9.17, 15) is 5.11 Å². The molecule has 0 fully saturated rings. The van der Waals surface area contributed by atoms with E-state index < -0.39 is 5.60 Å². The van der Waals surface area contributed by atoms with Crippen LogP contribution in [0.3, 0.4) is 0 Å². The summed E-state index contributed by atoms with van der Waals surface area (Å²) in [7, 11) is 0. The molecular formula is C16H23NO2. The molecule has 3 nitrogen and oxygen atoms in total. The third-order valence-electron chi connectivity index (χ3n) is 3.76. The van der Waals surface area contributed by atoms with Crippen LogP contribution in [0, 0.1) is 32.1 Å². The zero-order chi connectivity index (χ0) is 14.8. The molecule has 0 saturated heterocycles. The number of ether oxygens (including phenoxy) is 1. The molecule has 1 aliphatic rings. The normalized spacial score (nSPS) is 20.5. The van der Waals surface area contributed by atoms with Crippen molar-refractivity contribution in [3.05, 3.63) is 22.3 Å². The number of benzene rings is 1. The molecular weight excluding hydrogens is 238 g/mol. The Labute approximate surface area is 115 Å². The fourth-order valence-corrected chi connectivity index (χ4v) is 2.33. The molecule has 1 aromatic carbocycles. The Hall–Kier alpha value is -1.69. The highest BCUT2D eigenvalue weighted by Crippen LogP contribution is 2.42. The Bertz CT molecular complexity index is 529. The Balaban J connectivity index is 0.000000861. The number of fused-ring (bicyclic) bond motifs is 1. The number of phenols is 1. The molecule has 0 bridgehead atoms. The number of aromatic hydroxyl groups is 1. The van der Waals surface area contributed by atoms with Gasteiger partial charge in [0.25, 0.3) is 0 Å². The molecule has 1 heterocycles. The summed E-state index contributed by atoms with van der Waals surface area (Å²) in [5.41, 5.74) is 2.95. The summed E-state index contributed by atoms with van der Waals surface area (Å²) in [5.74, 6) is 1.14. The standard InChI is InChI=1S/C14H17NO2.C2H6/c1-8-9(2)13-11(10(3)12(8)16)5-6-14(4,7-15)17-13;1-2/h16H,5-6H2,1-4H3;1-2H3/t14-;/m0./s1. The van der Waals surface area contributed by atoms with Crippen molar-refractivity contribution in [3.63, 3.8) is 0 Å². The number of hydrogen-bond acceptors (Lipinski definition) is 3. The van der Waals surface area contributed by atoms with Crippen LogP contribution in [0.15, 0.2) is 0 Å². The SMILES string of the molecule is CC.Cc1c(C)c2c(c(C)c1O)CC[C@@](C)(C#N)O2. The molecule has 2 rings (SSSR count). The van der Waals surface area contributed by atoms with Gasteiger partial charge in [-0.1, -0.05) is 13.8 Å². The predicted octanol–water partition coefficient (Wildman–Crippen LogP) is 3.95. The monoisotopic (exact) mass is 261 g/mol. The van der Waals surface area contributed by atoms with Crippen molar-refractivity contribution in [1.82, 2.24) is 0 Å². The van der Waals surface area contributed by atoms with E-state index in [1.54, 1.807) is 0 Å². The van der Waals surface area contributed by atoms with Crippen molar-refractivity contribution >= 4 is 0 Å². The Kier molecular flexibility index (Phi) is 4.47. The minimum atomic E-state index is -0.742. The quantitative estimate of drug-likeness (QED) is 0.769. The van der Waals surface area contributed by atoms with E-state index in [-0.39, 0.29) is 0 Å². The third-order valence-corrected chi connectivity index (χ3v) is 3.76. The molecule has 1 aromatic rings. The van der Waals surface area contributed by atoms with Crippen LogP contribution in [0.1, 0.15) is 49.4 Å². The van der Waals surface area contributed by atoms with Crippen molar-refractivity contribution in [2.75, 3.05) is 0 Å². The Morgan fingerprint density at radius 1 is 1.16 bits per heavy atom. The fourth-order valence-electron chi connectivity index (χ4n) is 2.33. The van der Waals surface area contributed by atoms with Crippen molar-refractivity contribution in [3.8, 4) is 17.6 Å². The first-order valence-electron chi connectivity index (χ1n) is 6.81. The summed E-state index contributed by atoms with van der Waals surface area (Å²) in [5, 5.41) is 19.1. The minimum Gasteiger partial charge on any atom is -0.507 e. The van der Waals surface area contributed by atoms with E-state index in [1.165, 1.54) is 0 Å². The Morgan fingerprint density at radius 2 is 1.74 bits per heavy atom. The van der Waals surface area contributed by atoms with Crippen molar-refractivity contribution < 1.29 is 9.84 Å². The van der Waals surface area contributed by atoms with Gasteiger partial charge in [0.2, 0.25) is 0 Å². The number of rotatable bonds is 0. The lowest BCUT2D eigenvalue weighted by Crippen LogP contribution is -2.35. The zero-order valence-corrected chi connectivity index (χ0v) is 12.7. The molecule has 3 heteroatoms. The second-order valence-electron chi connectivity index (χ2n) is 4.98. The predicted molar refractivity (Wildman–Crippen MR) is 76.6 cm³/mol. The van der Waals surface area contributed by atoms with Gasteiger partial charge in [0.15, 0.2) is 5.60 Å². The Morgan fingerprint density at radius 3 is 2.26 bits per heavy atom. The molecule has 0 radical (unpaired) electrons. The molecule has 1 aliphatic heterocycles. The lowest BCUT2D eigenvalue weighted by molar-refractivity contribution is 0.120. The second-order valence-corrected chi connectivity index (χ2v) is 4.98. The highest BCUT2D eigenvalue weighted by atomic mass is 16.5. The first-order chi connectivity index (χ1) is 8.89. The number of nitrogens with zero attached hydrogens (tertiary/aromatic N) is 1. The van der Waals surface area contributed by atoms with Crippen LogP contribution in [0.2, 0.25) is 0 Å². The molecule has 0 aromatic heterocycles. The molecule has 0 amide bonds. The molecule has 19 heavy (non-hydrogen) atoms. The van der Waals surface area contributed by atoms with E-state index >= 15 is 0 Å². The molecule has 0 spiro atoms. The van der Waals surface area contributed by atoms with Crippen LogP contribution in [-0.2, 0) is 6.42 Å². The fraction of sp³-hybridized carbons (Fsp3) is 0.562. The maximum atomic E-state index is 10.0. The first-order valence-corrected chi connectivity index (χ1v) is 6.81. The van der Waals surface area contributed by atoms with Gasteiger partial charge in [-0.25, -0.2) is 0 Å². The number of nitriles is 1. The lowest BCUT2D eigenvalue weighted by Gasteiger charge is -2.33. The molecule has 0 aliphatic carbocycles. The van der Waals surface area contributed by atoms with Crippen molar-refractivity contribution in [2.24, 2.45) is 0 Å². The van der Waals surface area contributed by atoms with E-state index in [1.807, 2.05) is 41.5 Å². The van der Waals surface area contributed by atoms with Gasteiger partial charge in [-0.2, -0.15) is 5.26 Å². The first kappa shape index (κ1) is 15.4.